The van der Waals surface area contributed by atoms with E-state index in [-0.39, 0.29) is 11.2 Å². The van der Waals surface area contributed by atoms with Crippen LogP contribution in [0.4, 0.5) is 0 Å². The number of fused-ring (bicyclic) bond motifs is 1. The van der Waals surface area contributed by atoms with E-state index in [0.717, 1.165) is 5.56 Å². The predicted octanol–water partition coefficient (Wildman–Crippen LogP) is 3.47. The van der Waals surface area contributed by atoms with Crippen molar-refractivity contribution in [1.82, 2.24) is 0 Å². The van der Waals surface area contributed by atoms with Crippen LogP contribution in [0.25, 0.3) is 22.1 Å². The second-order valence-electron chi connectivity index (χ2n) is 4.43. The lowest BCUT2D eigenvalue weighted by molar-refractivity contribution is 0.469. The maximum Gasteiger partial charge on any atom is 0.200 e. The van der Waals surface area contributed by atoms with Crippen molar-refractivity contribution in [3.8, 4) is 16.9 Å². The minimum Gasteiger partial charge on any atom is -0.508 e. The second-order valence-corrected chi connectivity index (χ2v) is 4.43. The Balaban J connectivity index is 2.35. The SMILES string of the molecule is Cc1c(O)ccc2c(=O)c(-c3ccccc3)coc12. The number of aromatic hydroxyl groups is 1. The molecule has 0 fully saturated rings. The summed E-state index contributed by atoms with van der Waals surface area (Å²) in [5.74, 6) is 0.128. The molecule has 19 heavy (non-hydrogen) atoms. The van der Waals surface area contributed by atoms with E-state index in [1.807, 2.05) is 30.3 Å². The minimum atomic E-state index is -0.0875. The Hall–Kier alpha value is -2.55. The van der Waals surface area contributed by atoms with Gasteiger partial charge in [-0.15, -0.1) is 0 Å². The van der Waals surface area contributed by atoms with E-state index in [1.165, 1.54) is 12.3 Å². The maximum absolute atomic E-state index is 12.5. The van der Waals surface area contributed by atoms with E-state index in [0.29, 0.717) is 22.1 Å². The van der Waals surface area contributed by atoms with Crippen molar-refractivity contribution in [2.45, 2.75) is 6.92 Å². The van der Waals surface area contributed by atoms with Crippen LogP contribution in [-0.4, -0.2) is 5.11 Å². The number of hydrogen-bond donors (Lipinski definition) is 1. The summed E-state index contributed by atoms with van der Waals surface area (Å²) in [5.41, 5.74) is 2.27. The van der Waals surface area contributed by atoms with Gasteiger partial charge in [-0.05, 0) is 24.6 Å². The molecule has 0 amide bonds. The van der Waals surface area contributed by atoms with Gasteiger partial charge in [-0.2, -0.15) is 0 Å². The number of benzene rings is 2. The monoisotopic (exact) mass is 252 g/mol. The molecule has 0 atom stereocenters. The molecule has 0 unspecified atom stereocenters. The van der Waals surface area contributed by atoms with Gasteiger partial charge in [0.05, 0.1) is 10.9 Å². The molecule has 3 nitrogen and oxygen atoms in total. The molecule has 3 rings (SSSR count). The number of phenols is 1. The number of hydrogen-bond acceptors (Lipinski definition) is 3. The molecule has 1 heterocycles. The van der Waals surface area contributed by atoms with Crippen LogP contribution in [0.5, 0.6) is 5.75 Å². The summed E-state index contributed by atoms with van der Waals surface area (Å²) >= 11 is 0. The van der Waals surface area contributed by atoms with Gasteiger partial charge in [-0.1, -0.05) is 30.3 Å². The maximum atomic E-state index is 12.5. The smallest absolute Gasteiger partial charge is 0.200 e. The fourth-order valence-corrected chi connectivity index (χ4v) is 2.15. The third-order valence-electron chi connectivity index (χ3n) is 3.25. The van der Waals surface area contributed by atoms with Gasteiger partial charge in [0.25, 0.3) is 0 Å². The van der Waals surface area contributed by atoms with Crippen molar-refractivity contribution >= 4 is 11.0 Å². The first-order valence-corrected chi connectivity index (χ1v) is 5.98. The molecule has 2 aromatic carbocycles. The molecule has 0 saturated carbocycles. The topological polar surface area (TPSA) is 50.4 Å². The van der Waals surface area contributed by atoms with Gasteiger partial charge in [-0.3, -0.25) is 4.79 Å². The molecule has 1 N–H and O–H groups in total. The Labute approximate surface area is 109 Å². The lowest BCUT2D eigenvalue weighted by Gasteiger charge is -2.05. The molecule has 0 bridgehead atoms. The van der Waals surface area contributed by atoms with E-state index < -0.39 is 0 Å². The fraction of sp³-hybridized carbons (Fsp3) is 0.0625. The summed E-state index contributed by atoms with van der Waals surface area (Å²) in [5, 5.41) is 10.1. The zero-order valence-corrected chi connectivity index (χ0v) is 10.4. The highest BCUT2D eigenvalue weighted by Gasteiger charge is 2.12. The molecule has 0 aliphatic carbocycles. The lowest BCUT2D eigenvalue weighted by atomic mass is 10.0. The predicted molar refractivity (Wildman–Crippen MR) is 74.3 cm³/mol. The largest absolute Gasteiger partial charge is 0.508 e. The molecule has 1 aromatic heterocycles. The third kappa shape index (κ3) is 1.80. The molecule has 0 aliphatic rings. The summed E-state index contributed by atoms with van der Waals surface area (Å²) < 4.78 is 5.53. The van der Waals surface area contributed by atoms with Gasteiger partial charge in [0.15, 0.2) is 0 Å². The number of phenolic OH excluding ortho intramolecular Hbond substituents is 1. The van der Waals surface area contributed by atoms with Gasteiger partial charge in [0.2, 0.25) is 5.43 Å². The first-order chi connectivity index (χ1) is 9.18. The number of aryl methyl sites for hydroxylation is 1. The Kier molecular flexibility index (Phi) is 2.60. The minimum absolute atomic E-state index is 0.0875. The summed E-state index contributed by atoms with van der Waals surface area (Å²) in [6.07, 6.45) is 1.45. The highest BCUT2D eigenvalue weighted by atomic mass is 16.3. The van der Waals surface area contributed by atoms with Gasteiger partial charge >= 0.3 is 0 Å². The standard InChI is InChI=1S/C16H12O3/c1-10-14(17)8-7-12-15(18)13(9-19-16(10)12)11-5-3-2-4-6-11/h2-9,17H,1H3. The van der Waals surface area contributed by atoms with Gasteiger partial charge in [0.1, 0.15) is 17.6 Å². The van der Waals surface area contributed by atoms with Crippen LogP contribution in [0, 0.1) is 6.92 Å². The Morgan fingerprint density at radius 2 is 1.79 bits per heavy atom. The van der Waals surface area contributed by atoms with Crippen LogP contribution in [0.2, 0.25) is 0 Å². The highest BCUT2D eigenvalue weighted by Crippen LogP contribution is 2.26. The average Bonchev–Trinajstić information content (AvgIpc) is 2.44. The molecule has 0 spiro atoms. The van der Waals surface area contributed by atoms with Gasteiger partial charge in [-0.25, -0.2) is 0 Å². The molecule has 0 radical (unpaired) electrons. The Bertz CT molecular complexity index is 801. The van der Waals surface area contributed by atoms with E-state index >= 15 is 0 Å². The molecular weight excluding hydrogens is 240 g/mol. The molecule has 94 valence electrons. The lowest BCUT2D eigenvalue weighted by Crippen LogP contribution is -2.05. The van der Waals surface area contributed by atoms with Crippen molar-refractivity contribution in [3.05, 3.63) is 64.5 Å². The summed E-state index contributed by atoms with van der Waals surface area (Å²) in [6.45, 7) is 1.72. The first kappa shape index (κ1) is 11.5. The average molecular weight is 252 g/mol. The quantitative estimate of drug-likeness (QED) is 0.721. The van der Waals surface area contributed by atoms with Gasteiger partial charge < -0.3 is 9.52 Å². The van der Waals surface area contributed by atoms with Crippen LogP contribution >= 0.6 is 0 Å². The van der Waals surface area contributed by atoms with Crippen LogP contribution in [0.1, 0.15) is 5.56 Å². The molecule has 3 aromatic rings. The van der Waals surface area contributed by atoms with E-state index in [2.05, 4.69) is 0 Å². The Morgan fingerprint density at radius 1 is 1.05 bits per heavy atom. The van der Waals surface area contributed by atoms with E-state index in [1.54, 1.807) is 13.0 Å². The van der Waals surface area contributed by atoms with E-state index in [9.17, 15) is 9.90 Å². The van der Waals surface area contributed by atoms with Crippen LogP contribution in [0.15, 0.2) is 57.9 Å². The first-order valence-electron chi connectivity index (χ1n) is 5.98. The summed E-state index contributed by atoms with van der Waals surface area (Å²) in [4.78, 5) is 12.5. The van der Waals surface area contributed by atoms with Crippen molar-refractivity contribution in [2.75, 3.05) is 0 Å². The zero-order chi connectivity index (χ0) is 13.4. The van der Waals surface area contributed by atoms with Crippen LogP contribution in [-0.2, 0) is 0 Å². The molecule has 3 heteroatoms. The van der Waals surface area contributed by atoms with Crippen molar-refractivity contribution in [2.24, 2.45) is 0 Å². The molecule has 0 aliphatic heterocycles. The summed E-state index contributed by atoms with van der Waals surface area (Å²) in [6, 6.07) is 12.5. The van der Waals surface area contributed by atoms with Crippen molar-refractivity contribution in [1.29, 1.82) is 0 Å². The summed E-state index contributed by atoms with van der Waals surface area (Å²) in [7, 11) is 0. The third-order valence-corrected chi connectivity index (χ3v) is 3.25. The normalized spacial score (nSPS) is 10.8. The highest BCUT2D eigenvalue weighted by molar-refractivity contribution is 5.85. The van der Waals surface area contributed by atoms with Crippen LogP contribution < -0.4 is 5.43 Å². The second kappa shape index (κ2) is 4.28. The Morgan fingerprint density at radius 3 is 2.53 bits per heavy atom. The number of rotatable bonds is 1. The van der Waals surface area contributed by atoms with Crippen molar-refractivity contribution in [3.63, 3.8) is 0 Å². The zero-order valence-electron chi connectivity index (χ0n) is 10.4. The van der Waals surface area contributed by atoms with Gasteiger partial charge in [0, 0.05) is 5.56 Å². The molecular formula is C16H12O3. The van der Waals surface area contributed by atoms with E-state index in [4.69, 9.17) is 4.42 Å². The van der Waals surface area contributed by atoms with Crippen LogP contribution in [0.3, 0.4) is 0 Å². The van der Waals surface area contributed by atoms with Crippen molar-refractivity contribution < 1.29 is 9.52 Å². The fourth-order valence-electron chi connectivity index (χ4n) is 2.15. The molecule has 0 saturated heterocycles.